The van der Waals surface area contributed by atoms with Crippen molar-refractivity contribution in [3.63, 3.8) is 0 Å². The summed E-state index contributed by atoms with van der Waals surface area (Å²) in [7, 11) is -0.464. The topological polar surface area (TPSA) is 61.5 Å². The third kappa shape index (κ3) is 2.16. The standard InChI is InChI=1S/C13H18BNO3/c1-12(2)13(3,4)18-14(17-12)10-7-5-6-9(8-10)11(15)16/h5-8H,1-4H3,(H2,15,16). The van der Waals surface area contributed by atoms with Crippen LogP contribution in [0.4, 0.5) is 0 Å². The maximum absolute atomic E-state index is 11.2. The average molecular weight is 247 g/mol. The second kappa shape index (κ2) is 4.11. The first-order valence-corrected chi connectivity index (χ1v) is 5.98. The average Bonchev–Trinajstić information content (AvgIpc) is 2.48. The summed E-state index contributed by atoms with van der Waals surface area (Å²) >= 11 is 0. The van der Waals surface area contributed by atoms with Crippen LogP contribution in [-0.4, -0.2) is 24.2 Å². The lowest BCUT2D eigenvalue weighted by Gasteiger charge is -2.32. The van der Waals surface area contributed by atoms with E-state index in [1.807, 2.05) is 33.8 Å². The summed E-state index contributed by atoms with van der Waals surface area (Å²) in [5.74, 6) is -0.451. The van der Waals surface area contributed by atoms with Crippen LogP contribution in [-0.2, 0) is 9.31 Å². The van der Waals surface area contributed by atoms with Crippen LogP contribution in [0.25, 0.3) is 0 Å². The quantitative estimate of drug-likeness (QED) is 0.795. The van der Waals surface area contributed by atoms with Gasteiger partial charge < -0.3 is 15.0 Å². The van der Waals surface area contributed by atoms with Gasteiger partial charge in [0.05, 0.1) is 11.2 Å². The van der Waals surface area contributed by atoms with Gasteiger partial charge in [0.15, 0.2) is 0 Å². The first kappa shape index (κ1) is 13.1. The van der Waals surface area contributed by atoms with Gasteiger partial charge in [0.1, 0.15) is 0 Å². The van der Waals surface area contributed by atoms with E-state index in [2.05, 4.69) is 0 Å². The molecule has 0 saturated carbocycles. The number of carbonyl (C=O) groups excluding carboxylic acids is 1. The van der Waals surface area contributed by atoms with Gasteiger partial charge in [-0.3, -0.25) is 4.79 Å². The zero-order valence-corrected chi connectivity index (χ0v) is 11.2. The Balaban J connectivity index is 2.30. The van der Waals surface area contributed by atoms with Gasteiger partial charge in [0.25, 0.3) is 0 Å². The summed E-state index contributed by atoms with van der Waals surface area (Å²) in [6, 6.07) is 7.04. The number of hydrogen-bond donors (Lipinski definition) is 1. The normalized spacial score (nSPS) is 21.0. The van der Waals surface area contributed by atoms with Crippen molar-refractivity contribution < 1.29 is 14.1 Å². The molecule has 0 spiro atoms. The van der Waals surface area contributed by atoms with Gasteiger partial charge >= 0.3 is 7.12 Å². The Morgan fingerprint density at radius 3 is 2.22 bits per heavy atom. The van der Waals surface area contributed by atoms with E-state index < -0.39 is 13.0 Å². The minimum Gasteiger partial charge on any atom is -0.399 e. The summed E-state index contributed by atoms with van der Waals surface area (Å²) in [5.41, 5.74) is 5.76. The van der Waals surface area contributed by atoms with Crippen molar-refractivity contribution in [3.8, 4) is 0 Å². The van der Waals surface area contributed by atoms with Gasteiger partial charge in [-0.05, 0) is 45.3 Å². The van der Waals surface area contributed by atoms with Gasteiger partial charge in [-0.25, -0.2) is 0 Å². The van der Waals surface area contributed by atoms with Crippen molar-refractivity contribution in [1.29, 1.82) is 0 Å². The molecule has 0 unspecified atom stereocenters. The van der Waals surface area contributed by atoms with Crippen LogP contribution in [0.2, 0.25) is 0 Å². The molecule has 96 valence electrons. The number of amides is 1. The van der Waals surface area contributed by atoms with E-state index in [0.29, 0.717) is 5.56 Å². The summed E-state index contributed by atoms with van der Waals surface area (Å²) in [5, 5.41) is 0. The highest BCUT2D eigenvalue weighted by Gasteiger charge is 2.51. The summed E-state index contributed by atoms with van der Waals surface area (Å²) < 4.78 is 11.8. The van der Waals surface area contributed by atoms with E-state index in [1.165, 1.54) is 0 Å². The van der Waals surface area contributed by atoms with Crippen LogP contribution in [0.1, 0.15) is 38.1 Å². The smallest absolute Gasteiger partial charge is 0.399 e. The zero-order valence-electron chi connectivity index (χ0n) is 11.2. The summed E-state index contributed by atoms with van der Waals surface area (Å²) in [6.07, 6.45) is 0. The first-order chi connectivity index (χ1) is 8.23. The van der Waals surface area contributed by atoms with Crippen molar-refractivity contribution in [2.75, 3.05) is 0 Å². The second-order valence-electron chi connectivity index (χ2n) is 5.58. The molecular formula is C13H18BNO3. The monoisotopic (exact) mass is 247 g/mol. The van der Waals surface area contributed by atoms with Crippen LogP contribution in [0.15, 0.2) is 24.3 Å². The van der Waals surface area contributed by atoms with E-state index >= 15 is 0 Å². The Labute approximate surface area is 108 Å². The molecule has 1 aromatic rings. The Morgan fingerprint density at radius 1 is 1.17 bits per heavy atom. The number of carbonyl (C=O) groups is 1. The number of benzene rings is 1. The van der Waals surface area contributed by atoms with E-state index in [9.17, 15) is 4.79 Å². The van der Waals surface area contributed by atoms with Gasteiger partial charge in [0, 0.05) is 5.56 Å². The van der Waals surface area contributed by atoms with Crippen LogP contribution >= 0.6 is 0 Å². The van der Waals surface area contributed by atoms with Crippen molar-refractivity contribution in [2.24, 2.45) is 5.73 Å². The van der Waals surface area contributed by atoms with Gasteiger partial charge in [-0.1, -0.05) is 12.1 Å². The maximum atomic E-state index is 11.2. The molecule has 1 aliphatic rings. The molecule has 1 amide bonds. The third-order valence-corrected chi connectivity index (χ3v) is 3.70. The number of nitrogens with two attached hydrogens (primary N) is 1. The highest BCUT2D eigenvalue weighted by Crippen LogP contribution is 2.36. The lowest BCUT2D eigenvalue weighted by atomic mass is 9.78. The minimum atomic E-state index is -0.464. The fourth-order valence-corrected chi connectivity index (χ4v) is 1.82. The lowest BCUT2D eigenvalue weighted by Crippen LogP contribution is -2.41. The summed E-state index contributed by atoms with van der Waals surface area (Å²) in [4.78, 5) is 11.2. The molecule has 0 aliphatic carbocycles. The molecule has 1 saturated heterocycles. The van der Waals surface area contributed by atoms with E-state index in [-0.39, 0.29) is 11.2 Å². The Kier molecular flexibility index (Phi) is 2.99. The second-order valence-corrected chi connectivity index (χ2v) is 5.58. The Hall–Kier alpha value is -1.33. The van der Waals surface area contributed by atoms with Crippen LogP contribution < -0.4 is 11.2 Å². The number of primary amides is 1. The molecule has 1 aliphatic heterocycles. The lowest BCUT2D eigenvalue weighted by molar-refractivity contribution is 0.00578. The Morgan fingerprint density at radius 2 is 1.72 bits per heavy atom. The molecule has 1 aromatic carbocycles. The minimum absolute atomic E-state index is 0.388. The summed E-state index contributed by atoms with van der Waals surface area (Å²) in [6.45, 7) is 7.96. The Bertz CT molecular complexity index is 469. The van der Waals surface area contributed by atoms with Crippen molar-refractivity contribution >= 4 is 18.5 Å². The molecule has 1 fully saturated rings. The van der Waals surface area contributed by atoms with E-state index in [1.54, 1.807) is 18.2 Å². The van der Waals surface area contributed by atoms with Crippen LogP contribution in [0, 0.1) is 0 Å². The predicted molar refractivity (Wildman–Crippen MR) is 70.7 cm³/mol. The molecule has 0 radical (unpaired) electrons. The highest BCUT2D eigenvalue weighted by molar-refractivity contribution is 6.62. The fourth-order valence-electron chi connectivity index (χ4n) is 1.82. The molecule has 0 aromatic heterocycles. The third-order valence-electron chi connectivity index (χ3n) is 3.70. The largest absolute Gasteiger partial charge is 0.494 e. The van der Waals surface area contributed by atoms with Gasteiger partial charge in [-0.2, -0.15) is 0 Å². The van der Waals surface area contributed by atoms with Crippen LogP contribution in [0.3, 0.4) is 0 Å². The predicted octanol–water partition coefficient (Wildman–Crippen LogP) is 1.08. The highest BCUT2D eigenvalue weighted by atomic mass is 16.7. The first-order valence-electron chi connectivity index (χ1n) is 5.98. The molecule has 2 N–H and O–H groups in total. The number of hydrogen-bond acceptors (Lipinski definition) is 3. The molecule has 0 bridgehead atoms. The van der Waals surface area contributed by atoms with E-state index in [4.69, 9.17) is 15.0 Å². The SMILES string of the molecule is CC1(C)OB(c2cccc(C(N)=O)c2)OC1(C)C. The molecule has 18 heavy (non-hydrogen) atoms. The van der Waals surface area contributed by atoms with Gasteiger partial charge in [-0.15, -0.1) is 0 Å². The molecule has 1 heterocycles. The van der Waals surface area contributed by atoms with Crippen molar-refractivity contribution in [1.82, 2.24) is 0 Å². The number of rotatable bonds is 2. The van der Waals surface area contributed by atoms with Gasteiger partial charge in [0.2, 0.25) is 5.91 Å². The molecule has 5 heteroatoms. The van der Waals surface area contributed by atoms with Crippen molar-refractivity contribution in [2.45, 2.75) is 38.9 Å². The molecule has 2 rings (SSSR count). The maximum Gasteiger partial charge on any atom is 0.494 e. The van der Waals surface area contributed by atoms with E-state index in [0.717, 1.165) is 5.46 Å². The fraction of sp³-hybridized carbons (Fsp3) is 0.462. The van der Waals surface area contributed by atoms with Crippen LogP contribution in [0.5, 0.6) is 0 Å². The zero-order chi connectivity index (χ0) is 13.6. The molecule has 0 atom stereocenters. The molecular weight excluding hydrogens is 229 g/mol. The molecule has 4 nitrogen and oxygen atoms in total. The van der Waals surface area contributed by atoms with Crippen molar-refractivity contribution in [3.05, 3.63) is 29.8 Å².